The number of hydrogen-bond donors (Lipinski definition) is 1. The zero-order valence-electron chi connectivity index (χ0n) is 18.6. The van der Waals surface area contributed by atoms with Gasteiger partial charge >= 0.3 is 6.18 Å². The Bertz CT molecular complexity index is 1300. The molecule has 35 heavy (non-hydrogen) atoms. The molecule has 0 radical (unpaired) electrons. The number of amides is 1. The number of hydrogen-bond acceptors (Lipinski definition) is 6. The Balaban J connectivity index is 1.83. The quantitative estimate of drug-likeness (QED) is 0.277. The highest BCUT2D eigenvalue weighted by atomic mass is 32.1. The molecular formula is C25H20F3NO5S. The van der Waals surface area contributed by atoms with Crippen molar-refractivity contribution in [3.8, 4) is 11.5 Å². The summed E-state index contributed by atoms with van der Waals surface area (Å²) < 4.78 is 50.1. The Labute approximate surface area is 202 Å². The van der Waals surface area contributed by atoms with E-state index in [1.807, 2.05) is 0 Å². The van der Waals surface area contributed by atoms with Gasteiger partial charge in [0.1, 0.15) is 17.3 Å². The van der Waals surface area contributed by atoms with Crippen molar-refractivity contribution in [3.63, 3.8) is 0 Å². The van der Waals surface area contributed by atoms with Gasteiger partial charge in [-0.1, -0.05) is 18.2 Å². The van der Waals surface area contributed by atoms with E-state index in [1.54, 1.807) is 23.6 Å². The first kappa shape index (κ1) is 24.3. The van der Waals surface area contributed by atoms with Crippen molar-refractivity contribution in [2.24, 2.45) is 0 Å². The monoisotopic (exact) mass is 503 g/mol. The Morgan fingerprint density at radius 2 is 1.83 bits per heavy atom. The smallest absolute Gasteiger partial charge is 0.416 e. The summed E-state index contributed by atoms with van der Waals surface area (Å²) in [6.45, 7) is -0.256. The van der Waals surface area contributed by atoms with Crippen LogP contribution in [-0.4, -0.2) is 35.9 Å². The number of methoxy groups -OCH3 is 2. The molecule has 1 amide bonds. The van der Waals surface area contributed by atoms with Crippen LogP contribution in [-0.2, 0) is 22.3 Å². The standard InChI is InChI=1S/C25H20F3NO5S/c1-33-16-8-9-17(18(12-16)34-2)22(30)20-21(19-7-4-10-35-19)29(24(32)23(20)31)13-14-5-3-6-15(11-14)25(26,27)28/h3-12,21,30H,13H2,1-2H3/b22-20-. The molecule has 3 aromatic rings. The number of Topliss-reactive ketones (excluding diaryl/α,β-unsaturated/α-hetero) is 1. The van der Waals surface area contributed by atoms with Crippen molar-refractivity contribution in [1.82, 2.24) is 4.90 Å². The Kier molecular flexibility index (Phi) is 6.58. The van der Waals surface area contributed by atoms with E-state index in [9.17, 15) is 27.9 Å². The van der Waals surface area contributed by atoms with Crippen LogP contribution >= 0.6 is 11.3 Å². The lowest BCUT2D eigenvalue weighted by molar-refractivity contribution is -0.140. The van der Waals surface area contributed by atoms with Gasteiger partial charge in [-0.3, -0.25) is 9.59 Å². The molecule has 0 spiro atoms. The highest BCUT2D eigenvalue weighted by molar-refractivity contribution is 7.10. The van der Waals surface area contributed by atoms with Crippen molar-refractivity contribution in [3.05, 3.63) is 87.1 Å². The zero-order valence-corrected chi connectivity index (χ0v) is 19.4. The third-order valence-electron chi connectivity index (χ3n) is 5.62. The summed E-state index contributed by atoms with van der Waals surface area (Å²) in [6.07, 6.45) is -4.55. The third kappa shape index (κ3) is 4.61. The van der Waals surface area contributed by atoms with Gasteiger partial charge in [-0.15, -0.1) is 11.3 Å². The first-order valence-corrected chi connectivity index (χ1v) is 11.2. The van der Waals surface area contributed by atoms with Crippen molar-refractivity contribution >= 4 is 28.8 Å². The molecule has 1 atom stereocenters. The van der Waals surface area contributed by atoms with E-state index in [-0.39, 0.29) is 29.0 Å². The SMILES string of the molecule is COc1ccc(/C(O)=C2/C(=O)C(=O)N(Cc3cccc(C(F)(F)F)c3)C2c2cccs2)c(OC)c1. The van der Waals surface area contributed by atoms with Crippen LogP contribution < -0.4 is 9.47 Å². The Morgan fingerprint density at radius 1 is 1.06 bits per heavy atom. The van der Waals surface area contributed by atoms with Crippen molar-refractivity contribution in [1.29, 1.82) is 0 Å². The van der Waals surface area contributed by atoms with Gasteiger partial charge < -0.3 is 19.5 Å². The molecular weight excluding hydrogens is 483 g/mol. The molecule has 1 aliphatic rings. The number of likely N-dealkylation sites (tertiary alicyclic amines) is 1. The number of rotatable bonds is 6. The lowest BCUT2D eigenvalue weighted by Gasteiger charge is -2.24. The molecule has 0 saturated carbocycles. The summed E-state index contributed by atoms with van der Waals surface area (Å²) in [4.78, 5) is 27.9. The van der Waals surface area contributed by atoms with E-state index in [2.05, 4.69) is 0 Å². The molecule has 2 heterocycles. The number of thiophene rings is 1. The number of aliphatic hydroxyl groups is 1. The zero-order chi connectivity index (χ0) is 25.3. The highest BCUT2D eigenvalue weighted by Crippen LogP contribution is 2.43. The lowest BCUT2D eigenvalue weighted by atomic mass is 9.99. The lowest BCUT2D eigenvalue weighted by Crippen LogP contribution is -2.29. The van der Waals surface area contributed by atoms with Crippen LogP contribution in [0.4, 0.5) is 13.2 Å². The van der Waals surface area contributed by atoms with Gasteiger partial charge in [-0.25, -0.2) is 0 Å². The average molecular weight is 503 g/mol. The molecule has 1 aromatic heterocycles. The van der Waals surface area contributed by atoms with Gasteiger partial charge in [-0.2, -0.15) is 13.2 Å². The average Bonchev–Trinajstić information content (AvgIpc) is 3.45. The van der Waals surface area contributed by atoms with Crippen LogP contribution in [0, 0.1) is 0 Å². The predicted octanol–water partition coefficient (Wildman–Crippen LogP) is 5.41. The van der Waals surface area contributed by atoms with Crippen LogP contribution in [0.2, 0.25) is 0 Å². The maximum absolute atomic E-state index is 13.2. The van der Waals surface area contributed by atoms with Gasteiger partial charge in [0, 0.05) is 17.5 Å². The van der Waals surface area contributed by atoms with Crippen molar-refractivity contribution < 1.29 is 37.3 Å². The molecule has 1 N–H and O–H groups in total. The van der Waals surface area contributed by atoms with E-state index in [4.69, 9.17) is 9.47 Å². The number of carbonyl (C=O) groups excluding carboxylic acids is 2. The molecule has 6 nitrogen and oxygen atoms in total. The predicted molar refractivity (Wildman–Crippen MR) is 123 cm³/mol. The second-order valence-corrected chi connectivity index (χ2v) is 8.69. The second kappa shape index (κ2) is 9.46. The second-order valence-electron chi connectivity index (χ2n) is 7.71. The van der Waals surface area contributed by atoms with Gasteiger partial charge in [-0.05, 0) is 41.3 Å². The summed E-state index contributed by atoms with van der Waals surface area (Å²) in [5.74, 6) is -1.64. The third-order valence-corrected chi connectivity index (χ3v) is 6.55. The largest absolute Gasteiger partial charge is 0.507 e. The first-order valence-electron chi connectivity index (χ1n) is 10.4. The van der Waals surface area contributed by atoms with Crippen LogP contribution in [0.25, 0.3) is 5.76 Å². The molecule has 4 rings (SSSR count). The number of ketones is 1. The van der Waals surface area contributed by atoms with Crippen LogP contribution in [0.1, 0.15) is 27.6 Å². The van der Waals surface area contributed by atoms with Gasteiger partial charge in [0.2, 0.25) is 0 Å². The first-order chi connectivity index (χ1) is 16.7. The Hall–Kier alpha value is -3.79. The van der Waals surface area contributed by atoms with Gasteiger partial charge in [0.25, 0.3) is 11.7 Å². The van der Waals surface area contributed by atoms with E-state index in [1.165, 1.54) is 54.7 Å². The Morgan fingerprint density at radius 3 is 2.46 bits per heavy atom. The van der Waals surface area contributed by atoms with E-state index >= 15 is 0 Å². The van der Waals surface area contributed by atoms with Crippen LogP contribution in [0.3, 0.4) is 0 Å². The summed E-state index contributed by atoms with van der Waals surface area (Å²) >= 11 is 1.26. The minimum absolute atomic E-state index is 0.173. The fourth-order valence-corrected chi connectivity index (χ4v) is 4.81. The van der Waals surface area contributed by atoms with Gasteiger partial charge in [0.05, 0.1) is 37.0 Å². The molecule has 1 unspecified atom stereocenters. The minimum atomic E-state index is -4.55. The molecule has 182 valence electrons. The number of carbonyl (C=O) groups is 2. The summed E-state index contributed by atoms with van der Waals surface area (Å²) in [6, 6.07) is 11.6. The molecule has 1 aliphatic heterocycles. The maximum Gasteiger partial charge on any atom is 0.416 e. The summed E-state index contributed by atoms with van der Waals surface area (Å²) in [7, 11) is 2.85. The molecule has 10 heteroatoms. The number of benzene rings is 2. The molecule has 0 bridgehead atoms. The number of aliphatic hydroxyl groups excluding tert-OH is 1. The fourth-order valence-electron chi connectivity index (χ4n) is 3.97. The maximum atomic E-state index is 13.2. The van der Waals surface area contributed by atoms with E-state index in [0.29, 0.717) is 10.6 Å². The number of alkyl halides is 3. The van der Waals surface area contributed by atoms with E-state index in [0.717, 1.165) is 12.1 Å². The van der Waals surface area contributed by atoms with Crippen molar-refractivity contribution in [2.75, 3.05) is 14.2 Å². The topological polar surface area (TPSA) is 76.1 Å². The van der Waals surface area contributed by atoms with Crippen molar-refractivity contribution in [2.45, 2.75) is 18.8 Å². The number of nitrogens with zero attached hydrogens (tertiary/aromatic N) is 1. The number of halogens is 3. The molecule has 2 aromatic carbocycles. The highest BCUT2D eigenvalue weighted by Gasteiger charge is 2.47. The van der Waals surface area contributed by atoms with Crippen LogP contribution in [0.15, 0.2) is 65.6 Å². The van der Waals surface area contributed by atoms with E-state index < -0.39 is 35.2 Å². The summed E-state index contributed by atoms with van der Waals surface area (Å²) in [5, 5.41) is 12.9. The van der Waals surface area contributed by atoms with Gasteiger partial charge in [0.15, 0.2) is 0 Å². The number of ether oxygens (including phenoxy) is 2. The summed E-state index contributed by atoms with van der Waals surface area (Å²) in [5.41, 5.74) is -0.660. The normalized spacial score (nSPS) is 17.6. The minimum Gasteiger partial charge on any atom is -0.507 e. The van der Waals surface area contributed by atoms with Crippen LogP contribution in [0.5, 0.6) is 11.5 Å². The fraction of sp³-hybridized carbons (Fsp3) is 0.200. The molecule has 1 saturated heterocycles. The molecule has 0 aliphatic carbocycles. The molecule has 1 fully saturated rings.